The van der Waals surface area contributed by atoms with Crippen LogP contribution in [-0.4, -0.2) is 48.9 Å². The van der Waals surface area contributed by atoms with Crippen LogP contribution in [0.4, 0.5) is 4.79 Å². The Balaban J connectivity index is 1.62. The van der Waals surface area contributed by atoms with Crippen molar-refractivity contribution in [2.24, 2.45) is 0 Å². The number of nitrogens with zero attached hydrogens (tertiary/aromatic N) is 1. The average molecular weight is 473 g/mol. The topological polar surface area (TPSA) is 95.9 Å². The number of hydrogen-bond acceptors (Lipinski definition) is 4. The lowest BCUT2D eigenvalue weighted by Gasteiger charge is -2.32. The normalized spacial score (nSPS) is 16.7. The summed E-state index contributed by atoms with van der Waals surface area (Å²) in [6, 6.07) is 12.8. The minimum absolute atomic E-state index is 0.169. The van der Waals surface area contributed by atoms with Crippen molar-refractivity contribution in [1.29, 1.82) is 0 Å². The zero-order valence-electron chi connectivity index (χ0n) is 16.0. The summed E-state index contributed by atoms with van der Waals surface area (Å²) in [7, 11) is -3.68. The second-order valence-corrected chi connectivity index (χ2v) is 9.84. The van der Waals surface area contributed by atoms with E-state index in [1.807, 2.05) is 0 Å². The smallest absolute Gasteiger partial charge is 0.405 e. The van der Waals surface area contributed by atoms with Gasteiger partial charge < -0.3 is 15.2 Å². The molecule has 1 saturated heterocycles. The van der Waals surface area contributed by atoms with E-state index in [4.69, 9.17) is 33.0 Å². The molecule has 1 aliphatic heterocycles. The van der Waals surface area contributed by atoms with Crippen LogP contribution in [0.3, 0.4) is 0 Å². The number of carboxylic acid groups (broad SMARTS) is 1. The number of sulfonamides is 1. The van der Waals surface area contributed by atoms with E-state index in [1.54, 1.807) is 48.5 Å². The molecular weight excluding hydrogens is 451 g/mol. The third-order valence-electron chi connectivity index (χ3n) is 4.86. The second kappa shape index (κ2) is 9.87. The van der Waals surface area contributed by atoms with E-state index in [0.29, 0.717) is 34.2 Å². The lowest BCUT2D eigenvalue weighted by atomic mass is 10.1. The van der Waals surface area contributed by atoms with Crippen LogP contribution in [0.1, 0.15) is 24.4 Å². The van der Waals surface area contributed by atoms with Gasteiger partial charge in [0.15, 0.2) is 0 Å². The molecule has 2 aromatic rings. The molecule has 0 bridgehead atoms. The Morgan fingerprint density at radius 1 is 1.17 bits per heavy atom. The maximum atomic E-state index is 12.9. The third-order valence-corrected chi connectivity index (χ3v) is 7.30. The molecule has 0 spiro atoms. The van der Waals surface area contributed by atoms with Gasteiger partial charge in [0.2, 0.25) is 10.0 Å². The van der Waals surface area contributed by atoms with Crippen LogP contribution in [-0.2, 0) is 10.0 Å². The Morgan fingerprint density at radius 3 is 2.43 bits per heavy atom. The number of piperidine rings is 1. The molecule has 0 aromatic heterocycles. The van der Waals surface area contributed by atoms with E-state index in [-0.39, 0.29) is 24.9 Å². The summed E-state index contributed by atoms with van der Waals surface area (Å²) in [6.45, 7) is 0.569. The van der Waals surface area contributed by atoms with E-state index in [0.717, 1.165) is 0 Å². The summed E-state index contributed by atoms with van der Waals surface area (Å²) in [6.07, 6.45) is -0.440. The Hall–Kier alpha value is -2.00. The highest BCUT2D eigenvalue weighted by molar-refractivity contribution is 7.89. The first-order valence-corrected chi connectivity index (χ1v) is 11.7. The fourth-order valence-corrected chi connectivity index (χ4v) is 5.48. The largest absolute Gasteiger partial charge is 0.489 e. The first-order valence-electron chi connectivity index (χ1n) is 9.38. The average Bonchev–Trinajstić information content (AvgIpc) is 2.70. The summed E-state index contributed by atoms with van der Waals surface area (Å²) >= 11 is 12.0. The fraction of sp³-hybridized carbons (Fsp3) is 0.350. The summed E-state index contributed by atoms with van der Waals surface area (Å²) in [5.74, 6) is 0.162. The highest BCUT2D eigenvalue weighted by atomic mass is 35.5. The molecule has 1 fully saturated rings. The Bertz CT molecular complexity index is 980. The van der Waals surface area contributed by atoms with Gasteiger partial charge in [0.1, 0.15) is 11.9 Å². The van der Waals surface area contributed by atoms with Crippen LogP contribution in [0.15, 0.2) is 48.5 Å². The molecule has 0 aliphatic carbocycles. The van der Waals surface area contributed by atoms with Gasteiger partial charge in [-0.3, -0.25) is 0 Å². The molecule has 0 saturated carbocycles. The van der Waals surface area contributed by atoms with Crippen molar-refractivity contribution in [3.05, 3.63) is 64.1 Å². The quantitative estimate of drug-likeness (QED) is 0.629. The van der Waals surface area contributed by atoms with Crippen LogP contribution >= 0.6 is 23.2 Å². The molecule has 10 heteroatoms. The van der Waals surface area contributed by atoms with Crippen molar-refractivity contribution in [1.82, 2.24) is 9.62 Å². The van der Waals surface area contributed by atoms with Crippen LogP contribution in [0, 0.1) is 0 Å². The monoisotopic (exact) mass is 472 g/mol. The lowest BCUT2D eigenvalue weighted by molar-refractivity contribution is 0.135. The Labute approximate surface area is 185 Å². The molecule has 1 aliphatic rings. The SMILES string of the molecule is O=C(O)N[C@@H](CS(=O)(=O)N1CCC(Oc2ccc(Cl)cc2Cl)CC1)c1ccccc1. The standard InChI is InChI=1S/C20H22Cl2N2O5S/c21-15-6-7-19(17(22)12-15)29-16-8-10-24(11-9-16)30(27,28)13-18(23-20(25)26)14-4-2-1-3-5-14/h1-7,12,16,18,23H,8-11,13H2,(H,25,26)/t18-/m0/s1. The van der Waals surface area contributed by atoms with E-state index in [9.17, 15) is 13.2 Å². The molecule has 162 valence electrons. The Morgan fingerprint density at radius 2 is 1.83 bits per heavy atom. The van der Waals surface area contributed by atoms with E-state index >= 15 is 0 Å². The molecule has 2 aromatic carbocycles. The lowest BCUT2D eigenvalue weighted by Crippen LogP contribution is -2.45. The predicted octanol–water partition coefficient (Wildman–Crippen LogP) is 4.18. The van der Waals surface area contributed by atoms with Crippen LogP contribution in [0.25, 0.3) is 0 Å². The van der Waals surface area contributed by atoms with Crippen molar-refractivity contribution < 1.29 is 23.1 Å². The van der Waals surface area contributed by atoms with Crippen molar-refractivity contribution in [2.75, 3.05) is 18.8 Å². The van der Waals surface area contributed by atoms with Gasteiger partial charge >= 0.3 is 6.09 Å². The van der Waals surface area contributed by atoms with Gasteiger partial charge in [-0.2, -0.15) is 0 Å². The summed E-state index contributed by atoms with van der Waals surface area (Å²) < 4.78 is 33.1. The van der Waals surface area contributed by atoms with Gasteiger partial charge in [-0.25, -0.2) is 17.5 Å². The number of halogens is 2. The van der Waals surface area contributed by atoms with Gasteiger partial charge in [-0.15, -0.1) is 0 Å². The minimum atomic E-state index is -3.68. The van der Waals surface area contributed by atoms with Gasteiger partial charge in [0, 0.05) is 18.1 Å². The predicted molar refractivity (Wildman–Crippen MR) is 116 cm³/mol. The second-order valence-electron chi connectivity index (χ2n) is 6.98. The van der Waals surface area contributed by atoms with Crippen molar-refractivity contribution >= 4 is 39.3 Å². The first kappa shape index (κ1) is 22.7. The van der Waals surface area contributed by atoms with E-state index in [1.165, 1.54) is 4.31 Å². The number of nitrogens with one attached hydrogen (secondary N) is 1. The number of hydrogen-bond donors (Lipinski definition) is 2. The number of amides is 1. The van der Waals surface area contributed by atoms with Crippen LogP contribution < -0.4 is 10.1 Å². The molecule has 0 unspecified atom stereocenters. The molecule has 0 radical (unpaired) electrons. The van der Waals surface area contributed by atoms with E-state index in [2.05, 4.69) is 5.32 Å². The molecule has 1 amide bonds. The summed E-state index contributed by atoms with van der Waals surface area (Å²) in [5.41, 5.74) is 0.596. The minimum Gasteiger partial charge on any atom is -0.489 e. The van der Waals surface area contributed by atoms with Gasteiger partial charge in [0.25, 0.3) is 0 Å². The Kier molecular flexibility index (Phi) is 7.46. The highest BCUT2D eigenvalue weighted by Crippen LogP contribution is 2.30. The van der Waals surface area contributed by atoms with Gasteiger partial charge in [-0.05, 0) is 36.6 Å². The maximum Gasteiger partial charge on any atom is 0.405 e. The van der Waals surface area contributed by atoms with E-state index < -0.39 is 22.2 Å². The molecular formula is C20H22Cl2N2O5S. The number of carbonyl (C=O) groups is 1. The van der Waals surface area contributed by atoms with Crippen molar-refractivity contribution in [3.63, 3.8) is 0 Å². The molecule has 2 N–H and O–H groups in total. The van der Waals surface area contributed by atoms with Gasteiger partial charge in [-0.1, -0.05) is 53.5 Å². The number of rotatable bonds is 7. The summed E-state index contributed by atoms with van der Waals surface area (Å²) in [5, 5.41) is 12.3. The van der Waals surface area contributed by atoms with Crippen LogP contribution in [0.2, 0.25) is 10.0 Å². The summed E-state index contributed by atoms with van der Waals surface area (Å²) in [4.78, 5) is 11.2. The number of benzene rings is 2. The fourth-order valence-electron chi connectivity index (χ4n) is 3.35. The zero-order valence-corrected chi connectivity index (χ0v) is 18.3. The van der Waals surface area contributed by atoms with Crippen LogP contribution in [0.5, 0.6) is 5.75 Å². The van der Waals surface area contributed by atoms with Crippen molar-refractivity contribution in [3.8, 4) is 5.75 Å². The highest BCUT2D eigenvalue weighted by Gasteiger charge is 2.32. The first-order chi connectivity index (χ1) is 14.2. The molecule has 30 heavy (non-hydrogen) atoms. The maximum absolute atomic E-state index is 12.9. The van der Waals surface area contributed by atoms with Gasteiger partial charge in [0.05, 0.1) is 16.8 Å². The molecule has 1 heterocycles. The zero-order chi connectivity index (χ0) is 21.7. The number of ether oxygens (including phenoxy) is 1. The third kappa shape index (κ3) is 6.01. The molecule has 7 nitrogen and oxygen atoms in total. The van der Waals surface area contributed by atoms with Crippen molar-refractivity contribution in [2.45, 2.75) is 25.0 Å². The molecule has 1 atom stereocenters. The molecule has 3 rings (SSSR count).